The van der Waals surface area contributed by atoms with Gasteiger partial charge in [0.15, 0.2) is 11.6 Å². The number of halogens is 1. The Labute approximate surface area is 107 Å². The molecule has 1 aromatic rings. The predicted octanol–water partition coefficient (Wildman–Crippen LogP) is 2.57. The molecule has 2 heterocycles. The number of hydrogen-bond donors (Lipinski definition) is 2. The summed E-state index contributed by atoms with van der Waals surface area (Å²) in [7, 11) is 0. The zero-order valence-electron chi connectivity index (χ0n) is 10.4. The summed E-state index contributed by atoms with van der Waals surface area (Å²) in [6, 6.07) is 5.64. The molecule has 0 bridgehead atoms. The fourth-order valence-electron chi connectivity index (χ4n) is 3.19. The van der Waals surface area contributed by atoms with Crippen LogP contribution in [0.2, 0.25) is 0 Å². The van der Waals surface area contributed by atoms with Crippen LogP contribution in [0.3, 0.4) is 0 Å². The molecule has 2 saturated heterocycles. The molecule has 0 amide bonds. The van der Waals surface area contributed by atoms with Gasteiger partial charge in [0.2, 0.25) is 0 Å². The second kappa shape index (κ2) is 4.76. The Bertz CT molecular complexity index is 438. The number of hydrogen-bond acceptors (Lipinski definition) is 3. The average molecular weight is 250 g/mol. The highest BCUT2D eigenvalue weighted by atomic mass is 19.1. The molecule has 2 N–H and O–H groups in total. The molecule has 0 saturated carbocycles. The molecule has 0 spiro atoms. The summed E-state index contributed by atoms with van der Waals surface area (Å²) in [5.41, 5.74) is 0.766. The van der Waals surface area contributed by atoms with Gasteiger partial charge < -0.3 is 15.3 Å². The Morgan fingerprint density at radius 2 is 2.17 bits per heavy atom. The van der Waals surface area contributed by atoms with Crippen LogP contribution < -0.4 is 5.32 Å². The SMILES string of the molecule is Oc1ccc(NC2CCN3CCCC3C2)cc1F. The van der Waals surface area contributed by atoms with Crippen LogP contribution in [-0.2, 0) is 0 Å². The monoisotopic (exact) mass is 250 g/mol. The first-order valence-electron chi connectivity index (χ1n) is 6.71. The smallest absolute Gasteiger partial charge is 0.166 e. The van der Waals surface area contributed by atoms with Crippen LogP contribution in [0.15, 0.2) is 18.2 Å². The number of rotatable bonds is 2. The van der Waals surface area contributed by atoms with Gasteiger partial charge in [0.25, 0.3) is 0 Å². The van der Waals surface area contributed by atoms with Crippen molar-refractivity contribution in [2.45, 2.75) is 37.8 Å². The maximum absolute atomic E-state index is 13.3. The van der Waals surface area contributed by atoms with Crippen molar-refractivity contribution in [2.75, 3.05) is 18.4 Å². The summed E-state index contributed by atoms with van der Waals surface area (Å²) in [6.45, 7) is 2.38. The fraction of sp³-hybridized carbons (Fsp3) is 0.571. The first-order valence-corrected chi connectivity index (χ1v) is 6.71. The highest BCUT2D eigenvalue weighted by Crippen LogP contribution is 2.29. The Morgan fingerprint density at radius 1 is 1.28 bits per heavy atom. The third-order valence-corrected chi connectivity index (χ3v) is 4.14. The Kier molecular flexibility index (Phi) is 3.12. The Morgan fingerprint density at radius 3 is 3.00 bits per heavy atom. The third kappa shape index (κ3) is 2.29. The van der Waals surface area contributed by atoms with E-state index in [0.29, 0.717) is 12.1 Å². The van der Waals surface area contributed by atoms with Crippen LogP contribution in [0.5, 0.6) is 5.75 Å². The number of aromatic hydroxyl groups is 1. The first-order chi connectivity index (χ1) is 8.72. The maximum atomic E-state index is 13.3. The van der Waals surface area contributed by atoms with Gasteiger partial charge >= 0.3 is 0 Å². The first kappa shape index (κ1) is 11.8. The van der Waals surface area contributed by atoms with Crippen LogP contribution in [0, 0.1) is 5.82 Å². The summed E-state index contributed by atoms with van der Waals surface area (Å²) < 4.78 is 13.3. The van der Waals surface area contributed by atoms with Gasteiger partial charge in [0, 0.05) is 30.4 Å². The molecule has 4 heteroatoms. The van der Waals surface area contributed by atoms with Crippen LogP contribution >= 0.6 is 0 Å². The average Bonchev–Trinajstić information content (AvgIpc) is 2.81. The minimum Gasteiger partial charge on any atom is -0.505 e. The van der Waals surface area contributed by atoms with E-state index in [9.17, 15) is 4.39 Å². The lowest BCUT2D eigenvalue weighted by molar-refractivity contribution is 0.188. The molecule has 3 nitrogen and oxygen atoms in total. The molecule has 2 fully saturated rings. The van der Waals surface area contributed by atoms with Crippen LogP contribution in [0.1, 0.15) is 25.7 Å². The predicted molar refractivity (Wildman–Crippen MR) is 69.3 cm³/mol. The fourth-order valence-corrected chi connectivity index (χ4v) is 3.19. The van der Waals surface area contributed by atoms with E-state index >= 15 is 0 Å². The normalized spacial score (nSPS) is 28.1. The van der Waals surface area contributed by atoms with Crippen molar-refractivity contribution in [3.8, 4) is 5.75 Å². The topological polar surface area (TPSA) is 35.5 Å². The van der Waals surface area contributed by atoms with E-state index < -0.39 is 5.82 Å². The van der Waals surface area contributed by atoms with Crippen molar-refractivity contribution in [3.63, 3.8) is 0 Å². The number of piperidine rings is 1. The highest BCUT2D eigenvalue weighted by Gasteiger charge is 2.31. The lowest BCUT2D eigenvalue weighted by Crippen LogP contribution is -2.42. The molecule has 1 aromatic carbocycles. The molecule has 3 rings (SSSR count). The number of benzene rings is 1. The quantitative estimate of drug-likeness (QED) is 0.792. The molecular weight excluding hydrogens is 231 g/mol. The Hall–Kier alpha value is -1.29. The van der Waals surface area contributed by atoms with E-state index in [4.69, 9.17) is 5.11 Å². The number of anilines is 1. The molecule has 98 valence electrons. The summed E-state index contributed by atoms with van der Waals surface area (Å²) in [5, 5.41) is 12.5. The largest absolute Gasteiger partial charge is 0.505 e. The van der Waals surface area contributed by atoms with Gasteiger partial charge in [-0.05, 0) is 44.4 Å². The minimum absolute atomic E-state index is 0.286. The zero-order valence-corrected chi connectivity index (χ0v) is 10.4. The summed E-state index contributed by atoms with van der Waals surface area (Å²) >= 11 is 0. The molecule has 0 aromatic heterocycles. The van der Waals surface area contributed by atoms with Gasteiger partial charge in [-0.15, -0.1) is 0 Å². The lowest BCUT2D eigenvalue weighted by Gasteiger charge is -2.35. The van der Waals surface area contributed by atoms with Crippen molar-refractivity contribution >= 4 is 5.69 Å². The van der Waals surface area contributed by atoms with Crippen molar-refractivity contribution in [3.05, 3.63) is 24.0 Å². The third-order valence-electron chi connectivity index (χ3n) is 4.14. The van der Waals surface area contributed by atoms with Crippen LogP contribution in [0.25, 0.3) is 0 Å². The molecular formula is C14H19FN2O. The summed E-state index contributed by atoms with van der Waals surface area (Å²) in [6.07, 6.45) is 4.86. The molecule has 18 heavy (non-hydrogen) atoms. The van der Waals surface area contributed by atoms with Crippen molar-refractivity contribution in [1.29, 1.82) is 0 Å². The van der Waals surface area contributed by atoms with Gasteiger partial charge in [-0.3, -0.25) is 0 Å². The van der Waals surface area contributed by atoms with E-state index in [1.54, 1.807) is 6.07 Å². The second-order valence-corrected chi connectivity index (χ2v) is 5.36. The van der Waals surface area contributed by atoms with Crippen LogP contribution in [-0.4, -0.2) is 35.2 Å². The Balaban J connectivity index is 1.64. The van der Waals surface area contributed by atoms with E-state index in [1.165, 1.54) is 31.5 Å². The van der Waals surface area contributed by atoms with Gasteiger partial charge in [-0.25, -0.2) is 4.39 Å². The molecule has 2 aliphatic rings. The number of nitrogens with zero attached hydrogens (tertiary/aromatic N) is 1. The number of fused-ring (bicyclic) bond motifs is 1. The van der Waals surface area contributed by atoms with Crippen molar-refractivity contribution in [2.24, 2.45) is 0 Å². The van der Waals surface area contributed by atoms with E-state index in [0.717, 1.165) is 25.1 Å². The van der Waals surface area contributed by atoms with E-state index in [1.807, 2.05) is 0 Å². The van der Waals surface area contributed by atoms with Crippen molar-refractivity contribution in [1.82, 2.24) is 4.90 Å². The van der Waals surface area contributed by atoms with E-state index in [-0.39, 0.29) is 5.75 Å². The minimum atomic E-state index is -0.557. The maximum Gasteiger partial charge on any atom is 0.166 e. The molecule has 2 unspecified atom stereocenters. The second-order valence-electron chi connectivity index (χ2n) is 5.36. The van der Waals surface area contributed by atoms with Gasteiger partial charge in [0.1, 0.15) is 0 Å². The van der Waals surface area contributed by atoms with Gasteiger partial charge in [-0.2, -0.15) is 0 Å². The van der Waals surface area contributed by atoms with E-state index in [2.05, 4.69) is 10.2 Å². The number of nitrogens with one attached hydrogen (secondary N) is 1. The highest BCUT2D eigenvalue weighted by molar-refractivity contribution is 5.47. The molecule has 2 atom stereocenters. The summed E-state index contributed by atoms with van der Waals surface area (Å²) in [5.74, 6) is -0.843. The molecule has 0 radical (unpaired) electrons. The summed E-state index contributed by atoms with van der Waals surface area (Å²) in [4.78, 5) is 2.57. The molecule has 0 aliphatic carbocycles. The van der Waals surface area contributed by atoms with Crippen LogP contribution in [0.4, 0.5) is 10.1 Å². The standard InChI is InChI=1S/C14H19FN2O/c15-13-9-10(3-4-14(13)18)16-11-5-7-17-6-1-2-12(17)8-11/h3-4,9,11-12,16,18H,1-2,5-8H2. The number of phenols is 1. The van der Waals surface area contributed by atoms with Gasteiger partial charge in [0.05, 0.1) is 0 Å². The van der Waals surface area contributed by atoms with Crippen molar-refractivity contribution < 1.29 is 9.50 Å². The lowest BCUT2D eigenvalue weighted by atomic mass is 9.97. The molecule has 2 aliphatic heterocycles. The number of phenolic OH excluding ortho intramolecular Hbond substituents is 1. The van der Waals surface area contributed by atoms with Gasteiger partial charge in [-0.1, -0.05) is 0 Å². The zero-order chi connectivity index (χ0) is 12.5.